The van der Waals surface area contributed by atoms with Gasteiger partial charge in [-0.15, -0.1) is 0 Å². The average molecular weight is 336 g/mol. The Bertz CT molecular complexity index is 938. The second-order valence-corrected chi connectivity index (χ2v) is 5.71. The van der Waals surface area contributed by atoms with Crippen molar-refractivity contribution in [3.63, 3.8) is 0 Å². The lowest BCUT2D eigenvalue weighted by molar-refractivity contribution is 0.414. The number of hydrogen-bond donors (Lipinski definition) is 1. The van der Waals surface area contributed by atoms with Gasteiger partial charge < -0.3 is 4.74 Å². The highest BCUT2D eigenvalue weighted by molar-refractivity contribution is 5.99. The standard InChI is InChI=1S/C19H20N4O2/c1-13(21-12-15-5-4-10-20-11-15)18-14(2)22-23(19(18)24)16-6-8-17(25-3)9-7-16/h4-11,22H,12H2,1-3H3. The summed E-state index contributed by atoms with van der Waals surface area (Å²) in [6, 6.07) is 11.1. The zero-order chi connectivity index (χ0) is 17.8. The zero-order valence-corrected chi connectivity index (χ0v) is 14.5. The van der Waals surface area contributed by atoms with Gasteiger partial charge in [-0.1, -0.05) is 6.07 Å². The summed E-state index contributed by atoms with van der Waals surface area (Å²) in [5.74, 6) is 0.745. The van der Waals surface area contributed by atoms with Crippen LogP contribution in [0.2, 0.25) is 0 Å². The number of benzene rings is 1. The number of nitrogens with zero attached hydrogens (tertiary/aromatic N) is 3. The Hall–Kier alpha value is -3.15. The molecule has 1 aromatic carbocycles. The van der Waals surface area contributed by atoms with Crippen molar-refractivity contribution < 1.29 is 4.74 Å². The fourth-order valence-electron chi connectivity index (χ4n) is 2.67. The number of aryl methyl sites for hydroxylation is 1. The molecule has 0 aliphatic rings. The van der Waals surface area contributed by atoms with Crippen LogP contribution in [0.4, 0.5) is 0 Å². The molecule has 1 N–H and O–H groups in total. The van der Waals surface area contributed by atoms with Crippen LogP contribution >= 0.6 is 0 Å². The van der Waals surface area contributed by atoms with E-state index in [1.165, 1.54) is 4.68 Å². The summed E-state index contributed by atoms with van der Waals surface area (Å²) in [6.07, 6.45) is 3.50. The third-order valence-corrected chi connectivity index (χ3v) is 3.99. The molecule has 6 nitrogen and oxygen atoms in total. The van der Waals surface area contributed by atoms with Gasteiger partial charge in [-0.25, -0.2) is 4.68 Å². The Labute approximate surface area is 145 Å². The molecule has 0 amide bonds. The average Bonchev–Trinajstić information content (AvgIpc) is 2.95. The van der Waals surface area contributed by atoms with Crippen LogP contribution in [0.1, 0.15) is 23.7 Å². The van der Waals surface area contributed by atoms with Gasteiger partial charge in [0.15, 0.2) is 0 Å². The number of methoxy groups -OCH3 is 1. The topological polar surface area (TPSA) is 72.3 Å². The fraction of sp³-hybridized carbons (Fsp3) is 0.211. The largest absolute Gasteiger partial charge is 0.497 e. The molecule has 0 fully saturated rings. The van der Waals surface area contributed by atoms with Crippen LogP contribution in [0.3, 0.4) is 0 Å². The normalized spacial score (nSPS) is 11.6. The Morgan fingerprint density at radius 1 is 1.28 bits per heavy atom. The third kappa shape index (κ3) is 3.52. The SMILES string of the molecule is COc1ccc(-n2[nH]c(C)c(C(C)=NCc3cccnc3)c2=O)cc1. The number of aromatic nitrogens is 3. The minimum atomic E-state index is -0.116. The van der Waals surface area contributed by atoms with E-state index in [1.807, 2.05) is 50.2 Å². The van der Waals surface area contributed by atoms with Crippen LogP contribution in [-0.2, 0) is 6.54 Å². The number of aliphatic imine (C=N–C) groups is 1. The number of H-pyrrole nitrogens is 1. The van der Waals surface area contributed by atoms with E-state index in [4.69, 9.17) is 4.74 Å². The van der Waals surface area contributed by atoms with E-state index in [2.05, 4.69) is 15.1 Å². The van der Waals surface area contributed by atoms with E-state index in [0.29, 0.717) is 17.8 Å². The van der Waals surface area contributed by atoms with Crippen LogP contribution in [-0.4, -0.2) is 27.6 Å². The van der Waals surface area contributed by atoms with Crippen LogP contribution < -0.4 is 10.3 Å². The first-order valence-electron chi connectivity index (χ1n) is 7.96. The van der Waals surface area contributed by atoms with Crippen molar-refractivity contribution in [2.24, 2.45) is 4.99 Å². The minimum absolute atomic E-state index is 0.116. The van der Waals surface area contributed by atoms with Crippen LogP contribution in [0.15, 0.2) is 58.6 Å². The van der Waals surface area contributed by atoms with E-state index in [-0.39, 0.29) is 5.56 Å². The fourth-order valence-corrected chi connectivity index (χ4v) is 2.67. The molecule has 2 heterocycles. The van der Waals surface area contributed by atoms with Gasteiger partial charge in [-0.05, 0) is 49.7 Å². The molecule has 0 atom stereocenters. The van der Waals surface area contributed by atoms with Crippen molar-refractivity contribution >= 4 is 5.71 Å². The molecule has 6 heteroatoms. The lowest BCUT2D eigenvalue weighted by Gasteiger charge is -2.03. The summed E-state index contributed by atoms with van der Waals surface area (Å²) in [5.41, 5.74) is 3.73. The first kappa shape index (κ1) is 16.7. The molecule has 128 valence electrons. The molecule has 0 saturated carbocycles. The maximum Gasteiger partial charge on any atom is 0.280 e. The van der Waals surface area contributed by atoms with Crippen LogP contribution in [0.5, 0.6) is 5.75 Å². The monoisotopic (exact) mass is 336 g/mol. The van der Waals surface area contributed by atoms with Gasteiger partial charge in [0.05, 0.1) is 24.9 Å². The first-order chi connectivity index (χ1) is 12.1. The summed E-state index contributed by atoms with van der Waals surface area (Å²) in [6.45, 7) is 4.22. The highest BCUT2D eigenvalue weighted by atomic mass is 16.5. The van der Waals surface area contributed by atoms with Crippen LogP contribution in [0.25, 0.3) is 5.69 Å². The van der Waals surface area contributed by atoms with E-state index in [9.17, 15) is 4.79 Å². The van der Waals surface area contributed by atoms with Gasteiger partial charge in [-0.3, -0.25) is 19.9 Å². The van der Waals surface area contributed by atoms with Crippen molar-refractivity contribution in [2.45, 2.75) is 20.4 Å². The molecular formula is C19H20N4O2. The zero-order valence-electron chi connectivity index (χ0n) is 14.5. The maximum atomic E-state index is 12.8. The number of pyridine rings is 1. The van der Waals surface area contributed by atoms with Crippen molar-refractivity contribution in [2.75, 3.05) is 7.11 Å². The number of aromatic amines is 1. The molecule has 0 spiro atoms. The van der Waals surface area contributed by atoms with Crippen molar-refractivity contribution in [3.8, 4) is 11.4 Å². The number of nitrogens with one attached hydrogen (secondary N) is 1. The lowest BCUT2D eigenvalue weighted by Crippen LogP contribution is -2.19. The minimum Gasteiger partial charge on any atom is -0.497 e. The van der Waals surface area contributed by atoms with E-state index < -0.39 is 0 Å². The lowest BCUT2D eigenvalue weighted by atomic mass is 10.1. The smallest absolute Gasteiger partial charge is 0.280 e. The van der Waals surface area contributed by atoms with Gasteiger partial charge in [0.2, 0.25) is 0 Å². The predicted molar refractivity (Wildman–Crippen MR) is 97.8 cm³/mol. The second-order valence-electron chi connectivity index (χ2n) is 5.71. The third-order valence-electron chi connectivity index (χ3n) is 3.99. The predicted octanol–water partition coefficient (Wildman–Crippen LogP) is 2.89. The van der Waals surface area contributed by atoms with Gasteiger partial charge in [0.1, 0.15) is 5.75 Å². The first-order valence-corrected chi connectivity index (χ1v) is 7.96. The molecule has 25 heavy (non-hydrogen) atoms. The molecule has 0 radical (unpaired) electrons. The Kier molecular flexibility index (Phi) is 4.79. The van der Waals surface area contributed by atoms with Gasteiger partial charge in [0, 0.05) is 23.8 Å². The number of hydrogen-bond acceptors (Lipinski definition) is 4. The summed E-state index contributed by atoms with van der Waals surface area (Å²) in [5, 5.41) is 3.12. The molecule has 0 aliphatic carbocycles. The Balaban J connectivity index is 1.92. The Morgan fingerprint density at radius 2 is 2.04 bits per heavy atom. The van der Waals surface area contributed by atoms with Crippen molar-refractivity contribution in [1.29, 1.82) is 0 Å². The number of rotatable bonds is 5. The molecule has 0 unspecified atom stereocenters. The quantitative estimate of drug-likeness (QED) is 0.728. The molecular weight excluding hydrogens is 316 g/mol. The highest BCUT2D eigenvalue weighted by Crippen LogP contribution is 2.14. The van der Waals surface area contributed by atoms with Gasteiger partial charge in [-0.2, -0.15) is 0 Å². The highest BCUT2D eigenvalue weighted by Gasteiger charge is 2.15. The number of ether oxygens (including phenoxy) is 1. The van der Waals surface area contributed by atoms with Crippen LogP contribution in [0, 0.1) is 6.92 Å². The molecule has 3 rings (SSSR count). The summed E-state index contributed by atoms with van der Waals surface area (Å²) in [7, 11) is 1.61. The summed E-state index contributed by atoms with van der Waals surface area (Å²) in [4.78, 5) is 21.4. The van der Waals surface area contributed by atoms with E-state index in [0.717, 1.165) is 22.7 Å². The van der Waals surface area contributed by atoms with Crippen molar-refractivity contribution in [3.05, 3.63) is 76.0 Å². The van der Waals surface area contributed by atoms with Gasteiger partial charge >= 0.3 is 0 Å². The second kappa shape index (κ2) is 7.17. The van der Waals surface area contributed by atoms with E-state index in [1.54, 1.807) is 19.5 Å². The molecule has 0 aliphatic heterocycles. The van der Waals surface area contributed by atoms with Gasteiger partial charge in [0.25, 0.3) is 5.56 Å². The molecule has 0 bridgehead atoms. The van der Waals surface area contributed by atoms with Crippen molar-refractivity contribution in [1.82, 2.24) is 14.8 Å². The van der Waals surface area contributed by atoms with E-state index >= 15 is 0 Å². The Morgan fingerprint density at radius 3 is 2.68 bits per heavy atom. The summed E-state index contributed by atoms with van der Waals surface area (Å²) >= 11 is 0. The molecule has 3 aromatic rings. The maximum absolute atomic E-state index is 12.8. The molecule has 0 saturated heterocycles. The summed E-state index contributed by atoms with van der Waals surface area (Å²) < 4.78 is 6.68. The molecule has 2 aromatic heterocycles.